The molecule has 0 bridgehead atoms. The van der Waals surface area contributed by atoms with E-state index in [1.807, 2.05) is 41.3 Å². The predicted octanol–water partition coefficient (Wildman–Crippen LogP) is 2.66. The van der Waals surface area contributed by atoms with Crippen molar-refractivity contribution in [1.82, 2.24) is 14.5 Å². The number of aromatic nitrogens is 2. The van der Waals surface area contributed by atoms with E-state index < -0.39 is 0 Å². The Morgan fingerprint density at radius 1 is 1.12 bits per heavy atom. The minimum Gasteiger partial charge on any atom is -0.486 e. The number of carbonyl (C=O) groups excluding carboxylic acids is 1. The van der Waals surface area contributed by atoms with E-state index in [-0.39, 0.29) is 23.9 Å². The molecule has 2 aromatic carbocycles. The number of para-hydroxylation sites is 1. The molecule has 0 saturated carbocycles. The number of amides is 1. The average molecular weight is 434 g/mol. The van der Waals surface area contributed by atoms with Crippen LogP contribution in [0.5, 0.6) is 11.5 Å². The Hall–Kier alpha value is -3.55. The molecule has 166 valence electrons. The van der Waals surface area contributed by atoms with Gasteiger partial charge >= 0.3 is 0 Å². The number of nitrogens with one attached hydrogen (secondary N) is 1. The Morgan fingerprint density at radius 2 is 1.97 bits per heavy atom. The van der Waals surface area contributed by atoms with Gasteiger partial charge in [-0.3, -0.25) is 14.2 Å². The van der Waals surface area contributed by atoms with Gasteiger partial charge in [0.05, 0.1) is 17.2 Å². The number of ether oxygens (including phenoxy) is 2. The van der Waals surface area contributed by atoms with E-state index in [1.54, 1.807) is 6.07 Å². The quantitative estimate of drug-likeness (QED) is 0.665. The number of piperidine rings is 1. The third-order valence-electron chi connectivity index (χ3n) is 5.99. The molecule has 1 unspecified atom stereocenters. The van der Waals surface area contributed by atoms with E-state index in [0.717, 1.165) is 36.6 Å². The molecule has 1 amide bonds. The molecule has 8 heteroatoms. The number of carbonyl (C=O) groups is 1. The minimum atomic E-state index is -0.111. The van der Waals surface area contributed by atoms with Crippen molar-refractivity contribution in [2.45, 2.75) is 31.8 Å². The van der Waals surface area contributed by atoms with Gasteiger partial charge in [-0.1, -0.05) is 12.1 Å². The van der Waals surface area contributed by atoms with Gasteiger partial charge in [0.1, 0.15) is 13.2 Å². The van der Waals surface area contributed by atoms with Crippen LogP contribution in [0, 0.1) is 0 Å². The number of nitrogens with zero attached hydrogens (tertiary/aromatic N) is 3. The van der Waals surface area contributed by atoms with Gasteiger partial charge in [0.2, 0.25) is 5.91 Å². The molecule has 0 aliphatic carbocycles. The van der Waals surface area contributed by atoms with Crippen LogP contribution in [0.4, 0.5) is 5.69 Å². The molecule has 8 nitrogen and oxygen atoms in total. The van der Waals surface area contributed by atoms with Gasteiger partial charge in [-0.2, -0.15) is 0 Å². The zero-order valence-electron chi connectivity index (χ0n) is 17.8. The number of rotatable bonds is 5. The molecular weight excluding hydrogens is 408 g/mol. The summed E-state index contributed by atoms with van der Waals surface area (Å²) in [6.45, 7) is 2.83. The lowest BCUT2D eigenvalue weighted by atomic mass is 10.0. The highest BCUT2D eigenvalue weighted by molar-refractivity contribution is 5.77. The molecule has 0 radical (unpaired) electrons. The Bertz CT molecular complexity index is 1190. The second kappa shape index (κ2) is 8.90. The van der Waals surface area contributed by atoms with E-state index in [0.29, 0.717) is 37.2 Å². The van der Waals surface area contributed by atoms with Crippen LogP contribution in [-0.2, 0) is 11.3 Å². The van der Waals surface area contributed by atoms with Gasteiger partial charge in [-0.05, 0) is 37.1 Å². The van der Waals surface area contributed by atoms with Crippen molar-refractivity contribution >= 4 is 22.5 Å². The maximum atomic E-state index is 12.9. The fraction of sp³-hybridized carbons (Fsp3) is 0.375. The van der Waals surface area contributed by atoms with E-state index in [9.17, 15) is 9.59 Å². The van der Waals surface area contributed by atoms with Crippen LogP contribution in [-0.4, -0.2) is 52.7 Å². The summed E-state index contributed by atoms with van der Waals surface area (Å²) >= 11 is 0. The monoisotopic (exact) mass is 434 g/mol. The number of hydrogen-bond acceptors (Lipinski definition) is 6. The first-order chi connectivity index (χ1) is 15.7. The molecule has 3 heterocycles. The SMILES string of the molecule is O=C(CCn1cnc2ccccc2c1=O)N1CCCC(Nc2ccc3c(c2)OCCO3)C1. The van der Waals surface area contributed by atoms with Crippen molar-refractivity contribution in [2.24, 2.45) is 0 Å². The van der Waals surface area contributed by atoms with E-state index in [4.69, 9.17) is 9.47 Å². The number of benzene rings is 2. The van der Waals surface area contributed by atoms with E-state index in [2.05, 4.69) is 10.3 Å². The second-order valence-corrected chi connectivity index (χ2v) is 8.19. The van der Waals surface area contributed by atoms with Crippen molar-refractivity contribution in [1.29, 1.82) is 0 Å². The Balaban J connectivity index is 1.20. The highest BCUT2D eigenvalue weighted by atomic mass is 16.6. The van der Waals surface area contributed by atoms with Crippen LogP contribution in [0.1, 0.15) is 19.3 Å². The van der Waals surface area contributed by atoms with Gasteiger partial charge in [-0.15, -0.1) is 0 Å². The first-order valence-corrected chi connectivity index (χ1v) is 11.1. The summed E-state index contributed by atoms with van der Waals surface area (Å²) in [5, 5.41) is 4.10. The summed E-state index contributed by atoms with van der Waals surface area (Å²) in [7, 11) is 0. The Kier molecular flexibility index (Phi) is 5.66. The summed E-state index contributed by atoms with van der Waals surface area (Å²) in [4.78, 5) is 31.7. The lowest BCUT2D eigenvalue weighted by Gasteiger charge is -2.34. The normalized spacial score (nSPS) is 17.9. The number of aryl methyl sites for hydroxylation is 1. The average Bonchev–Trinajstić information content (AvgIpc) is 2.84. The zero-order chi connectivity index (χ0) is 21.9. The number of hydrogen-bond donors (Lipinski definition) is 1. The van der Waals surface area contributed by atoms with Crippen molar-refractivity contribution in [2.75, 3.05) is 31.6 Å². The first-order valence-electron chi connectivity index (χ1n) is 11.1. The number of anilines is 1. The summed E-state index contributed by atoms with van der Waals surface area (Å²) in [5.41, 5.74) is 1.52. The first kappa shape index (κ1) is 20.4. The molecule has 0 spiro atoms. The summed E-state index contributed by atoms with van der Waals surface area (Å²) in [6.07, 6.45) is 3.73. The van der Waals surface area contributed by atoms with Crippen molar-refractivity contribution in [3.8, 4) is 11.5 Å². The van der Waals surface area contributed by atoms with Crippen LogP contribution in [0.2, 0.25) is 0 Å². The molecule has 1 atom stereocenters. The number of fused-ring (bicyclic) bond motifs is 2. The largest absolute Gasteiger partial charge is 0.486 e. The van der Waals surface area contributed by atoms with Crippen molar-refractivity contribution < 1.29 is 14.3 Å². The summed E-state index contributed by atoms with van der Waals surface area (Å²) < 4.78 is 12.8. The molecule has 5 rings (SSSR count). The van der Waals surface area contributed by atoms with Gasteiger partial charge < -0.3 is 19.7 Å². The highest BCUT2D eigenvalue weighted by Crippen LogP contribution is 2.33. The molecular formula is C24H26N4O4. The lowest BCUT2D eigenvalue weighted by Crippen LogP contribution is -2.45. The van der Waals surface area contributed by atoms with Gasteiger partial charge in [0, 0.05) is 43.9 Å². The van der Waals surface area contributed by atoms with Gasteiger partial charge in [0.25, 0.3) is 5.56 Å². The standard InChI is InChI=1S/C24H26N4O4/c29-23(9-11-28-16-25-20-6-2-1-5-19(20)24(28)30)27-10-3-4-18(15-27)26-17-7-8-21-22(14-17)32-13-12-31-21/h1-2,5-8,14,16,18,26H,3-4,9-13,15H2. The maximum absolute atomic E-state index is 12.9. The molecule has 1 saturated heterocycles. The molecule has 1 N–H and O–H groups in total. The lowest BCUT2D eigenvalue weighted by molar-refractivity contribution is -0.132. The van der Waals surface area contributed by atoms with Gasteiger partial charge in [-0.25, -0.2) is 4.98 Å². The smallest absolute Gasteiger partial charge is 0.261 e. The fourth-order valence-corrected chi connectivity index (χ4v) is 4.33. The molecule has 1 fully saturated rings. The summed E-state index contributed by atoms with van der Waals surface area (Å²) in [5.74, 6) is 1.57. The minimum absolute atomic E-state index is 0.0544. The van der Waals surface area contributed by atoms with Gasteiger partial charge in [0.15, 0.2) is 11.5 Å². The highest BCUT2D eigenvalue weighted by Gasteiger charge is 2.24. The third kappa shape index (κ3) is 4.26. The molecule has 1 aromatic heterocycles. The van der Waals surface area contributed by atoms with Crippen LogP contribution in [0.3, 0.4) is 0 Å². The summed E-state index contributed by atoms with van der Waals surface area (Å²) in [6, 6.07) is 13.3. The van der Waals surface area contributed by atoms with E-state index in [1.165, 1.54) is 10.9 Å². The van der Waals surface area contributed by atoms with Crippen LogP contribution in [0.25, 0.3) is 10.9 Å². The molecule has 32 heavy (non-hydrogen) atoms. The van der Waals surface area contributed by atoms with Crippen molar-refractivity contribution in [3.05, 3.63) is 59.1 Å². The molecule has 3 aromatic rings. The van der Waals surface area contributed by atoms with E-state index >= 15 is 0 Å². The predicted molar refractivity (Wildman–Crippen MR) is 121 cm³/mol. The zero-order valence-corrected chi connectivity index (χ0v) is 17.8. The van der Waals surface area contributed by atoms with Crippen LogP contribution in [0.15, 0.2) is 53.6 Å². The maximum Gasteiger partial charge on any atom is 0.261 e. The van der Waals surface area contributed by atoms with Crippen LogP contribution < -0.4 is 20.3 Å². The molecule has 2 aliphatic heterocycles. The Labute approximate surface area is 185 Å². The molecule has 2 aliphatic rings. The second-order valence-electron chi connectivity index (χ2n) is 8.19. The Morgan fingerprint density at radius 3 is 2.88 bits per heavy atom. The fourth-order valence-electron chi connectivity index (χ4n) is 4.33. The topological polar surface area (TPSA) is 85.7 Å². The number of likely N-dealkylation sites (tertiary alicyclic amines) is 1. The van der Waals surface area contributed by atoms with Crippen molar-refractivity contribution in [3.63, 3.8) is 0 Å². The van der Waals surface area contributed by atoms with Crippen LogP contribution >= 0.6 is 0 Å². The third-order valence-corrected chi connectivity index (χ3v) is 5.99.